The molecule has 0 aromatic heterocycles. The van der Waals surface area contributed by atoms with E-state index in [-0.39, 0.29) is 28.5 Å². The molecule has 0 spiro atoms. The molecule has 7 heteroatoms. The quantitative estimate of drug-likeness (QED) is 0.802. The highest BCUT2D eigenvalue weighted by molar-refractivity contribution is 6.32. The number of halogens is 3. The molecule has 0 radical (unpaired) electrons. The molecule has 2 unspecified atom stereocenters. The average Bonchev–Trinajstić information content (AvgIpc) is 2.75. The Kier molecular flexibility index (Phi) is 5.26. The molecule has 2 atom stereocenters. The van der Waals surface area contributed by atoms with Crippen LogP contribution >= 0.6 is 11.6 Å². The second-order valence-corrected chi connectivity index (χ2v) is 5.93. The summed E-state index contributed by atoms with van der Waals surface area (Å²) in [5, 5.41) is 0.251. The number of alkyl halides is 2. The minimum Gasteiger partial charge on any atom is -0.395 e. The summed E-state index contributed by atoms with van der Waals surface area (Å²) in [5.74, 6) is 0.0708. The van der Waals surface area contributed by atoms with Gasteiger partial charge in [0, 0.05) is 23.9 Å². The van der Waals surface area contributed by atoms with Gasteiger partial charge in [0.25, 0.3) is 0 Å². The van der Waals surface area contributed by atoms with Crippen LogP contribution in [0.25, 0.3) is 5.70 Å². The van der Waals surface area contributed by atoms with Crippen LogP contribution in [0.15, 0.2) is 23.2 Å². The van der Waals surface area contributed by atoms with E-state index in [0.29, 0.717) is 11.3 Å². The second kappa shape index (κ2) is 6.84. The normalized spacial score (nSPS) is 19.2. The lowest BCUT2D eigenvalue weighted by atomic mass is 10.0. The van der Waals surface area contributed by atoms with E-state index in [1.807, 2.05) is 19.9 Å². The van der Waals surface area contributed by atoms with Gasteiger partial charge in [0.1, 0.15) is 0 Å². The first kappa shape index (κ1) is 17.7. The average molecular weight is 345 g/mol. The molecule has 0 bridgehead atoms. The molecule has 2 rings (SSSR count). The molecule has 0 amide bonds. The number of fused-ring (bicyclic) bond motifs is 1. The van der Waals surface area contributed by atoms with Crippen LogP contribution in [0.4, 0.5) is 8.78 Å². The van der Waals surface area contributed by atoms with Gasteiger partial charge in [-0.05, 0) is 18.9 Å². The number of hydrogen-bond donors (Lipinski definition) is 1. The number of aliphatic imine (C=N–C) groups is 1. The van der Waals surface area contributed by atoms with Crippen molar-refractivity contribution in [3.8, 4) is 11.5 Å². The lowest BCUT2D eigenvalue weighted by molar-refractivity contribution is -0.286. The summed E-state index contributed by atoms with van der Waals surface area (Å²) in [6.07, 6.45) is 0.710. The number of allylic oxidation sites excluding steroid dienone is 1. The Morgan fingerprint density at radius 2 is 1.96 bits per heavy atom. The number of nitrogens with two attached hydrogens (primary N) is 1. The van der Waals surface area contributed by atoms with Gasteiger partial charge < -0.3 is 15.2 Å². The van der Waals surface area contributed by atoms with E-state index in [4.69, 9.17) is 17.3 Å². The van der Waals surface area contributed by atoms with Gasteiger partial charge in [-0.15, -0.1) is 8.78 Å². The molecule has 1 aliphatic heterocycles. The van der Waals surface area contributed by atoms with Crippen LogP contribution in [-0.2, 0) is 0 Å². The standard InChI is InChI=1S/C16H19ClF2N2O2/c1-4-9(2)5-13(21-8-10(3)20)11-6-14-15(7-12(11)17)23-16(18,19)22-14/h5-10H,4,20H2,1-3H3. The van der Waals surface area contributed by atoms with E-state index < -0.39 is 6.29 Å². The van der Waals surface area contributed by atoms with Crippen LogP contribution in [0.2, 0.25) is 5.02 Å². The smallest absolute Gasteiger partial charge is 0.395 e. The molecule has 0 saturated carbocycles. The summed E-state index contributed by atoms with van der Waals surface area (Å²) in [5.41, 5.74) is 6.74. The molecular weight excluding hydrogens is 326 g/mol. The van der Waals surface area contributed by atoms with Crippen molar-refractivity contribution in [3.63, 3.8) is 0 Å². The first-order valence-electron chi connectivity index (χ1n) is 7.33. The van der Waals surface area contributed by atoms with E-state index in [1.165, 1.54) is 12.1 Å². The van der Waals surface area contributed by atoms with Crippen LogP contribution in [-0.4, -0.2) is 18.6 Å². The van der Waals surface area contributed by atoms with Gasteiger partial charge >= 0.3 is 6.29 Å². The van der Waals surface area contributed by atoms with Crippen molar-refractivity contribution in [1.82, 2.24) is 0 Å². The van der Waals surface area contributed by atoms with Gasteiger partial charge in [-0.25, -0.2) is 0 Å². The fourth-order valence-corrected chi connectivity index (χ4v) is 2.21. The zero-order chi connectivity index (χ0) is 17.2. The highest BCUT2D eigenvalue weighted by Gasteiger charge is 2.43. The Morgan fingerprint density at radius 1 is 1.35 bits per heavy atom. The van der Waals surface area contributed by atoms with Gasteiger partial charge in [-0.2, -0.15) is 0 Å². The van der Waals surface area contributed by atoms with Gasteiger partial charge in [-0.3, -0.25) is 4.99 Å². The zero-order valence-corrected chi connectivity index (χ0v) is 13.9. The van der Waals surface area contributed by atoms with Crippen molar-refractivity contribution in [1.29, 1.82) is 0 Å². The topological polar surface area (TPSA) is 56.8 Å². The van der Waals surface area contributed by atoms with Crippen LogP contribution < -0.4 is 15.2 Å². The number of rotatable bonds is 5. The maximum absolute atomic E-state index is 13.2. The van der Waals surface area contributed by atoms with Crippen LogP contribution in [0, 0.1) is 5.92 Å². The summed E-state index contributed by atoms with van der Waals surface area (Å²) < 4.78 is 35.2. The molecule has 0 aliphatic carbocycles. The van der Waals surface area contributed by atoms with Crippen molar-refractivity contribution in [2.45, 2.75) is 39.5 Å². The summed E-state index contributed by atoms with van der Waals surface area (Å²) >= 11 is 6.21. The van der Waals surface area contributed by atoms with Crippen molar-refractivity contribution in [2.75, 3.05) is 0 Å². The van der Waals surface area contributed by atoms with Gasteiger partial charge in [0.2, 0.25) is 0 Å². The maximum Gasteiger partial charge on any atom is 0.586 e. The summed E-state index contributed by atoms with van der Waals surface area (Å²) in [4.78, 5) is 4.35. The molecule has 4 nitrogen and oxygen atoms in total. The molecule has 126 valence electrons. The number of hydrogen-bond acceptors (Lipinski definition) is 4. The van der Waals surface area contributed by atoms with Crippen LogP contribution in [0.3, 0.4) is 0 Å². The molecule has 1 aromatic carbocycles. The largest absolute Gasteiger partial charge is 0.586 e. The molecular formula is C16H19ClF2N2O2. The molecule has 0 fully saturated rings. The minimum atomic E-state index is -3.68. The van der Waals surface area contributed by atoms with E-state index in [1.54, 1.807) is 13.1 Å². The third-order valence-corrected chi connectivity index (χ3v) is 3.61. The Labute approximate surface area is 138 Å². The van der Waals surface area contributed by atoms with Gasteiger partial charge in [-0.1, -0.05) is 37.9 Å². The van der Waals surface area contributed by atoms with Crippen molar-refractivity contribution >= 4 is 23.5 Å². The fraction of sp³-hybridized carbons (Fsp3) is 0.438. The van der Waals surface area contributed by atoms with E-state index in [0.717, 1.165) is 6.42 Å². The molecule has 23 heavy (non-hydrogen) atoms. The Balaban J connectivity index is 2.46. The Bertz CT molecular complexity index is 645. The molecule has 0 saturated heterocycles. The predicted molar refractivity (Wildman–Crippen MR) is 87.2 cm³/mol. The number of nitrogens with zero attached hydrogens (tertiary/aromatic N) is 1. The first-order chi connectivity index (χ1) is 10.7. The highest BCUT2D eigenvalue weighted by atomic mass is 35.5. The Hall–Kier alpha value is -1.66. The molecule has 1 aromatic rings. The summed E-state index contributed by atoms with van der Waals surface area (Å²) in [7, 11) is 0. The number of ether oxygens (including phenoxy) is 2. The van der Waals surface area contributed by atoms with Crippen LogP contribution in [0.5, 0.6) is 11.5 Å². The van der Waals surface area contributed by atoms with E-state index >= 15 is 0 Å². The number of benzene rings is 1. The van der Waals surface area contributed by atoms with E-state index in [2.05, 4.69) is 14.5 Å². The lowest BCUT2D eigenvalue weighted by Gasteiger charge is -2.10. The molecule has 1 aliphatic rings. The third kappa shape index (κ3) is 4.42. The minimum absolute atomic E-state index is 0.0690. The molecule has 1 heterocycles. The fourth-order valence-electron chi connectivity index (χ4n) is 1.96. The van der Waals surface area contributed by atoms with Crippen LogP contribution in [0.1, 0.15) is 32.8 Å². The third-order valence-electron chi connectivity index (χ3n) is 3.30. The maximum atomic E-state index is 13.2. The first-order valence-corrected chi connectivity index (χ1v) is 7.71. The van der Waals surface area contributed by atoms with Crippen molar-refractivity contribution in [3.05, 3.63) is 28.8 Å². The summed E-state index contributed by atoms with van der Waals surface area (Å²) in [6, 6.07) is 2.47. The van der Waals surface area contributed by atoms with Crippen molar-refractivity contribution < 1.29 is 18.3 Å². The second-order valence-electron chi connectivity index (χ2n) is 5.52. The highest BCUT2D eigenvalue weighted by Crippen LogP contribution is 2.45. The van der Waals surface area contributed by atoms with Gasteiger partial charge in [0.15, 0.2) is 11.5 Å². The van der Waals surface area contributed by atoms with Crippen molar-refractivity contribution in [2.24, 2.45) is 16.6 Å². The zero-order valence-electron chi connectivity index (χ0n) is 13.1. The predicted octanol–water partition coefficient (Wildman–Crippen LogP) is 4.47. The Morgan fingerprint density at radius 3 is 2.52 bits per heavy atom. The SMILES string of the molecule is CCC(C)C=C(N=CC(C)N)c1cc2c(cc1Cl)OC(F)(F)O2. The monoisotopic (exact) mass is 344 g/mol. The lowest BCUT2D eigenvalue weighted by Crippen LogP contribution is -2.25. The van der Waals surface area contributed by atoms with E-state index in [9.17, 15) is 8.78 Å². The van der Waals surface area contributed by atoms with Gasteiger partial charge in [0.05, 0.1) is 10.7 Å². The molecule has 2 N–H and O–H groups in total. The summed E-state index contributed by atoms with van der Waals surface area (Å²) in [6.45, 7) is 5.85.